The van der Waals surface area contributed by atoms with Crippen molar-refractivity contribution < 1.29 is 8.42 Å². The van der Waals surface area contributed by atoms with E-state index < -0.39 is 10.0 Å². The number of nitrogens with zero attached hydrogens (tertiary/aromatic N) is 1. The van der Waals surface area contributed by atoms with Gasteiger partial charge in [-0.1, -0.05) is 6.42 Å². The molecule has 0 spiro atoms. The Kier molecular flexibility index (Phi) is 3.92. The van der Waals surface area contributed by atoms with Crippen molar-refractivity contribution in [1.29, 1.82) is 0 Å². The summed E-state index contributed by atoms with van der Waals surface area (Å²) in [4.78, 5) is 0. The molecular weight excluding hydrogens is 292 g/mol. The smallest absolute Gasteiger partial charge is 0.252 e. The predicted molar refractivity (Wildman–Crippen MR) is 81.0 cm³/mol. The van der Waals surface area contributed by atoms with Gasteiger partial charge in [-0.3, -0.25) is 0 Å². The lowest BCUT2D eigenvalue weighted by atomic mass is 9.89. The molecule has 0 radical (unpaired) electrons. The second-order valence-electron chi connectivity index (χ2n) is 6.20. The van der Waals surface area contributed by atoms with Crippen LogP contribution >= 0.6 is 11.3 Å². The van der Waals surface area contributed by atoms with Gasteiger partial charge in [-0.15, -0.1) is 11.3 Å². The Labute approximate surface area is 125 Å². The van der Waals surface area contributed by atoms with E-state index in [1.54, 1.807) is 17.4 Å². The monoisotopic (exact) mass is 314 g/mol. The highest BCUT2D eigenvalue weighted by atomic mass is 32.2. The molecule has 2 bridgehead atoms. The van der Waals surface area contributed by atoms with E-state index in [4.69, 9.17) is 5.73 Å². The van der Waals surface area contributed by atoms with E-state index in [9.17, 15) is 8.42 Å². The van der Waals surface area contributed by atoms with Crippen LogP contribution in [0.1, 0.15) is 31.2 Å². The van der Waals surface area contributed by atoms with Crippen LogP contribution < -0.4 is 5.73 Å². The van der Waals surface area contributed by atoms with Crippen molar-refractivity contribution >= 4 is 21.4 Å². The van der Waals surface area contributed by atoms with Crippen LogP contribution in [0.15, 0.2) is 15.7 Å². The summed E-state index contributed by atoms with van der Waals surface area (Å²) in [5, 5.41) is 1.83. The maximum atomic E-state index is 12.6. The fraction of sp³-hybridized carbons (Fsp3) is 0.714. The van der Waals surface area contributed by atoms with E-state index >= 15 is 0 Å². The van der Waals surface area contributed by atoms with Gasteiger partial charge in [-0.05, 0) is 54.0 Å². The molecule has 2 N–H and O–H groups in total. The maximum absolute atomic E-state index is 12.6. The van der Waals surface area contributed by atoms with Gasteiger partial charge in [0.2, 0.25) is 0 Å². The number of nitrogens with two attached hydrogens (primary N) is 1. The molecule has 0 aliphatic heterocycles. The van der Waals surface area contributed by atoms with Gasteiger partial charge >= 0.3 is 0 Å². The number of sulfonamides is 1. The molecule has 20 heavy (non-hydrogen) atoms. The van der Waals surface area contributed by atoms with Crippen LogP contribution in [0, 0.1) is 17.8 Å². The first-order valence-electron chi connectivity index (χ1n) is 7.24. The van der Waals surface area contributed by atoms with Gasteiger partial charge in [0.05, 0.1) is 0 Å². The van der Waals surface area contributed by atoms with Crippen LogP contribution in [0.2, 0.25) is 0 Å². The first-order chi connectivity index (χ1) is 9.50. The first kappa shape index (κ1) is 14.5. The number of fused-ring (bicyclic) bond motifs is 2. The number of hydrogen-bond donors (Lipinski definition) is 1. The van der Waals surface area contributed by atoms with Crippen LogP contribution in [0.25, 0.3) is 0 Å². The van der Waals surface area contributed by atoms with E-state index in [2.05, 4.69) is 0 Å². The van der Waals surface area contributed by atoms with Gasteiger partial charge in [0.25, 0.3) is 10.0 Å². The van der Waals surface area contributed by atoms with Crippen molar-refractivity contribution in [3.8, 4) is 0 Å². The average molecular weight is 314 g/mol. The molecule has 2 saturated carbocycles. The summed E-state index contributed by atoms with van der Waals surface area (Å²) in [5.74, 6) is 2.16. The molecule has 3 unspecified atom stereocenters. The molecule has 6 heteroatoms. The first-order valence-corrected chi connectivity index (χ1v) is 9.56. The Hall–Kier alpha value is -0.430. The predicted octanol–water partition coefficient (Wildman–Crippen LogP) is 2.26. The number of thiophene rings is 1. The molecule has 112 valence electrons. The van der Waals surface area contributed by atoms with Gasteiger partial charge < -0.3 is 5.73 Å². The van der Waals surface area contributed by atoms with Crippen molar-refractivity contribution in [3.63, 3.8) is 0 Å². The van der Waals surface area contributed by atoms with Crippen molar-refractivity contribution in [3.05, 3.63) is 17.0 Å². The lowest BCUT2D eigenvalue weighted by Crippen LogP contribution is -2.33. The quantitative estimate of drug-likeness (QED) is 0.907. The number of hydrogen-bond acceptors (Lipinski definition) is 4. The van der Waals surface area contributed by atoms with Crippen LogP contribution in [0.5, 0.6) is 0 Å². The van der Waals surface area contributed by atoms with Crippen LogP contribution in [-0.2, 0) is 16.6 Å². The second-order valence-corrected chi connectivity index (χ2v) is 9.38. The second kappa shape index (κ2) is 5.40. The van der Waals surface area contributed by atoms with Gasteiger partial charge in [0.1, 0.15) is 4.21 Å². The van der Waals surface area contributed by atoms with Crippen molar-refractivity contribution in [2.24, 2.45) is 23.5 Å². The maximum Gasteiger partial charge on any atom is 0.252 e. The summed E-state index contributed by atoms with van der Waals surface area (Å²) in [7, 11) is -1.62. The van der Waals surface area contributed by atoms with E-state index in [-0.39, 0.29) is 0 Å². The Morgan fingerprint density at radius 3 is 2.75 bits per heavy atom. The molecule has 1 aromatic rings. The molecule has 1 aromatic heterocycles. The minimum Gasteiger partial charge on any atom is -0.326 e. The molecule has 1 heterocycles. The molecule has 2 aliphatic rings. The summed E-state index contributed by atoms with van der Waals surface area (Å²) < 4.78 is 27.1. The van der Waals surface area contributed by atoms with E-state index in [1.165, 1.54) is 37.0 Å². The van der Waals surface area contributed by atoms with Gasteiger partial charge in [-0.25, -0.2) is 8.42 Å². The minimum absolute atomic E-state index is 0.391. The topological polar surface area (TPSA) is 63.4 Å². The summed E-state index contributed by atoms with van der Waals surface area (Å²) >= 11 is 1.27. The van der Waals surface area contributed by atoms with E-state index in [0.717, 1.165) is 17.4 Å². The standard InChI is InChI=1S/C14H22N2O2S2/c1-16(8-13-5-10-2-3-12(13)4-10)20(17,18)14-6-11(7-15)9-19-14/h6,9-10,12-13H,2-5,7-8,15H2,1H3. The van der Waals surface area contributed by atoms with Gasteiger partial charge in [-0.2, -0.15) is 4.31 Å². The molecule has 2 fully saturated rings. The Morgan fingerprint density at radius 1 is 1.40 bits per heavy atom. The molecule has 0 aromatic carbocycles. The Morgan fingerprint density at radius 2 is 2.20 bits per heavy atom. The summed E-state index contributed by atoms with van der Waals surface area (Å²) in [6, 6.07) is 1.71. The zero-order chi connectivity index (χ0) is 14.3. The van der Waals surface area contributed by atoms with Crippen molar-refractivity contribution in [2.75, 3.05) is 13.6 Å². The van der Waals surface area contributed by atoms with Crippen molar-refractivity contribution in [2.45, 2.75) is 36.4 Å². The average Bonchev–Trinajstić information content (AvgIpc) is 3.14. The van der Waals surface area contributed by atoms with Crippen LogP contribution in [-0.4, -0.2) is 26.3 Å². The van der Waals surface area contributed by atoms with Crippen LogP contribution in [0.4, 0.5) is 0 Å². The van der Waals surface area contributed by atoms with Gasteiger partial charge in [0, 0.05) is 20.1 Å². The van der Waals surface area contributed by atoms with E-state index in [1.807, 2.05) is 5.38 Å². The molecule has 0 amide bonds. The third-order valence-electron chi connectivity index (χ3n) is 4.91. The Bertz CT molecular complexity index is 582. The lowest BCUT2D eigenvalue weighted by molar-refractivity contribution is 0.280. The fourth-order valence-electron chi connectivity index (χ4n) is 3.78. The summed E-state index contributed by atoms with van der Waals surface area (Å²) in [6.45, 7) is 1.06. The zero-order valence-electron chi connectivity index (χ0n) is 11.8. The van der Waals surface area contributed by atoms with E-state index in [0.29, 0.717) is 23.2 Å². The molecule has 2 aliphatic carbocycles. The third-order valence-corrected chi connectivity index (χ3v) is 8.19. The fourth-order valence-corrected chi connectivity index (χ4v) is 6.44. The molecule has 0 saturated heterocycles. The normalized spacial score (nSPS) is 29.4. The lowest BCUT2D eigenvalue weighted by Gasteiger charge is -2.26. The highest BCUT2D eigenvalue weighted by molar-refractivity contribution is 7.91. The summed E-state index contributed by atoms with van der Waals surface area (Å²) in [5.41, 5.74) is 6.44. The molecular formula is C14H22N2O2S2. The highest BCUT2D eigenvalue weighted by Gasteiger charge is 2.41. The van der Waals surface area contributed by atoms with Crippen molar-refractivity contribution in [1.82, 2.24) is 4.31 Å². The molecule has 3 atom stereocenters. The largest absolute Gasteiger partial charge is 0.326 e. The SMILES string of the molecule is CN(CC1CC2CCC1C2)S(=O)(=O)c1cc(CN)cs1. The van der Waals surface area contributed by atoms with Crippen LogP contribution in [0.3, 0.4) is 0 Å². The zero-order valence-corrected chi connectivity index (χ0v) is 13.4. The molecule has 3 rings (SSSR count). The van der Waals surface area contributed by atoms with Gasteiger partial charge in [0.15, 0.2) is 0 Å². The molecule has 4 nitrogen and oxygen atoms in total. The summed E-state index contributed by atoms with van der Waals surface area (Å²) in [6.07, 6.45) is 5.17. The minimum atomic E-state index is -3.34. The number of rotatable bonds is 5. The highest BCUT2D eigenvalue weighted by Crippen LogP contribution is 2.48. The third kappa shape index (κ3) is 2.54. The Balaban J connectivity index is 1.70.